The van der Waals surface area contributed by atoms with Gasteiger partial charge >= 0.3 is 0 Å². The maximum atomic E-state index is 14.2. The van der Waals surface area contributed by atoms with Gasteiger partial charge in [-0.1, -0.05) is 127 Å². The third-order valence-electron chi connectivity index (χ3n) is 9.14. The maximum Gasteiger partial charge on any atom is 0.244 e. The van der Waals surface area contributed by atoms with Crippen LogP contribution in [0.1, 0.15) is 47.9 Å². The van der Waals surface area contributed by atoms with Gasteiger partial charge in [0, 0.05) is 12.6 Å². The molecule has 1 heterocycles. The van der Waals surface area contributed by atoms with Crippen molar-refractivity contribution in [2.24, 2.45) is 0 Å². The van der Waals surface area contributed by atoms with Crippen LogP contribution in [-0.2, 0) is 40.6 Å². The van der Waals surface area contributed by atoms with Crippen molar-refractivity contribution in [3.05, 3.63) is 162 Å². The molecule has 1 amide bonds. The van der Waals surface area contributed by atoms with Gasteiger partial charge in [0.15, 0.2) is 0 Å². The summed E-state index contributed by atoms with van der Waals surface area (Å²) >= 11 is 0. The lowest BCUT2D eigenvalue weighted by Crippen LogP contribution is -2.54. The van der Waals surface area contributed by atoms with Crippen LogP contribution in [0.2, 0.25) is 0 Å². The van der Waals surface area contributed by atoms with Crippen LogP contribution in [0, 0.1) is 0 Å². The average Bonchev–Trinajstić information content (AvgIpc) is 3.12. The molecule has 5 nitrogen and oxygen atoms in total. The zero-order valence-electron chi connectivity index (χ0n) is 26.7. The summed E-state index contributed by atoms with van der Waals surface area (Å²) in [6.45, 7) is 0.156. The van der Waals surface area contributed by atoms with E-state index in [1.165, 1.54) is 15.4 Å². The van der Waals surface area contributed by atoms with Gasteiger partial charge in [0.1, 0.15) is 6.04 Å². The minimum absolute atomic E-state index is 0.0539. The Morgan fingerprint density at radius 2 is 1.13 bits per heavy atom. The van der Waals surface area contributed by atoms with Crippen molar-refractivity contribution in [2.45, 2.75) is 68.5 Å². The van der Waals surface area contributed by atoms with E-state index in [4.69, 9.17) is 0 Å². The van der Waals surface area contributed by atoms with E-state index in [0.29, 0.717) is 6.42 Å². The molecule has 1 N–H and O–H groups in total. The second-order valence-electron chi connectivity index (χ2n) is 12.4. The summed E-state index contributed by atoms with van der Waals surface area (Å²) in [5.74, 6) is -0.228. The molecule has 0 aliphatic carbocycles. The molecule has 1 unspecified atom stereocenters. The number of nitrogens with zero attached hydrogens (tertiary/aromatic N) is 1. The second-order valence-corrected chi connectivity index (χ2v) is 14.3. The van der Waals surface area contributed by atoms with Gasteiger partial charge in [-0.25, -0.2) is 8.42 Å². The molecule has 0 saturated heterocycles. The maximum absolute atomic E-state index is 14.2. The van der Waals surface area contributed by atoms with E-state index in [1.54, 1.807) is 12.1 Å². The van der Waals surface area contributed by atoms with Crippen LogP contribution in [0.5, 0.6) is 0 Å². The van der Waals surface area contributed by atoms with Crippen molar-refractivity contribution < 1.29 is 13.2 Å². The van der Waals surface area contributed by atoms with Crippen molar-refractivity contribution in [3.63, 3.8) is 0 Å². The van der Waals surface area contributed by atoms with E-state index in [1.807, 2.05) is 78.9 Å². The molecule has 1 aliphatic heterocycles. The minimum Gasteiger partial charge on any atom is -0.352 e. The SMILES string of the molecule is O=C(NC(CCCc1ccccc1)CCCc1ccccc1)C1Cc2ccccc2CN1S(=O)(=O)c1ccc(-c2ccccc2)cc1. The lowest BCUT2D eigenvalue weighted by Gasteiger charge is -2.36. The number of rotatable bonds is 13. The highest BCUT2D eigenvalue weighted by molar-refractivity contribution is 7.89. The number of sulfonamides is 1. The Morgan fingerprint density at radius 3 is 1.70 bits per heavy atom. The summed E-state index contributed by atoms with van der Waals surface area (Å²) in [6.07, 6.45) is 5.72. The Hall–Kier alpha value is -4.52. The number of carbonyl (C=O) groups excluding carboxylic acids is 1. The van der Waals surface area contributed by atoms with E-state index >= 15 is 0 Å². The Kier molecular flexibility index (Phi) is 10.6. The Bertz CT molecular complexity index is 1800. The van der Waals surface area contributed by atoms with Crippen molar-refractivity contribution in [1.82, 2.24) is 9.62 Å². The number of hydrogen-bond acceptors (Lipinski definition) is 3. The molecule has 1 atom stereocenters. The van der Waals surface area contributed by atoms with Crippen LogP contribution in [0.3, 0.4) is 0 Å². The number of carbonyl (C=O) groups is 1. The molecule has 0 saturated carbocycles. The molecule has 0 radical (unpaired) electrons. The van der Waals surface area contributed by atoms with Gasteiger partial charge in [-0.05, 0) is 90.5 Å². The zero-order valence-corrected chi connectivity index (χ0v) is 27.5. The van der Waals surface area contributed by atoms with Gasteiger partial charge in [-0.2, -0.15) is 4.31 Å². The molecule has 5 aromatic rings. The van der Waals surface area contributed by atoms with E-state index in [-0.39, 0.29) is 23.4 Å². The smallest absolute Gasteiger partial charge is 0.244 e. The Morgan fingerprint density at radius 1 is 0.638 bits per heavy atom. The quantitative estimate of drug-likeness (QED) is 0.142. The minimum atomic E-state index is -3.97. The molecule has 240 valence electrons. The van der Waals surface area contributed by atoms with Crippen molar-refractivity contribution in [2.75, 3.05) is 0 Å². The largest absolute Gasteiger partial charge is 0.352 e. The van der Waals surface area contributed by atoms with E-state index in [2.05, 4.69) is 53.8 Å². The molecule has 47 heavy (non-hydrogen) atoms. The first-order valence-corrected chi connectivity index (χ1v) is 18.0. The van der Waals surface area contributed by atoms with Gasteiger partial charge in [0.05, 0.1) is 4.90 Å². The second kappa shape index (κ2) is 15.4. The number of amides is 1. The average molecular weight is 643 g/mol. The summed E-state index contributed by atoms with van der Waals surface area (Å²) in [7, 11) is -3.97. The highest BCUT2D eigenvalue weighted by Crippen LogP contribution is 2.31. The summed E-state index contributed by atoms with van der Waals surface area (Å²) in [5.41, 5.74) is 6.47. The van der Waals surface area contributed by atoms with Crippen molar-refractivity contribution in [1.29, 1.82) is 0 Å². The van der Waals surface area contributed by atoms with Gasteiger partial charge in [-0.3, -0.25) is 4.79 Å². The molecule has 0 bridgehead atoms. The fraction of sp³-hybridized carbons (Fsp3) is 0.244. The molecule has 1 aliphatic rings. The lowest BCUT2D eigenvalue weighted by atomic mass is 9.94. The molecule has 6 heteroatoms. The van der Waals surface area contributed by atoms with Gasteiger partial charge < -0.3 is 5.32 Å². The molecular formula is C41H42N2O3S. The van der Waals surface area contributed by atoms with Crippen LogP contribution in [0.25, 0.3) is 11.1 Å². The molecule has 0 spiro atoms. The van der Waals surface area contributed by atoms with Gasteiger partial charge in [0.2, 0.25) is 15.9 Å². The molecular weight excluding hydrogens is 601 g/mol. The van der Waals surface area contributed by atoms with Crippen LogP contribution in [-0.4, -0.2) is 30.7 Å². The summed E-state index contributed by atoms with van der Waals surface area (Å²) < 4.78 is 29.9. The predicted octanol–water partition coefficient (Wildman–Crippen LogP) is 8.00. The van der Waals surface area contributed by atoms with Crippen molar-refractivity contribution >= 4 is 15.9 Å². The van der Waals surface area contributed by atoms with E-state index in [9.17, 15) is 13.2 Å². The van der Waals surface area contributed by atoms with Crippen LogP contribution >= 0.6 is 0 Å². The zero-order chi connectivity index (χ0) is 32.5. The first-order chi connectivity index (χ1) is 23.0. The van der Waals surface area contributed by atoms with E-state index in [0.717, 1.165) is 60.8 Å². The normalized spacial score (nSPS) is 14.9. The van der Waals surface area contributed by atoms with Crippen LogP contribution in [0.15, 0.2) is 144 Å². The highest BCUT2D eigenvalue weighted by atomic mass is 32.2. The number of fused-ring (bicyclic) bond motifs is 1. The summed E-state index contributed by atoms with van der Waals surface area (Å²) in [6, 6.07) is 44.6. The lowest BCUT2D eigenvalue weighted by molar-refractivity contribution is -0.126. The van der Waals surface area contributed by atoms with Crippen LogP contribution < -0.4 is 5.32 Å². The molecule has 6 rings (SSSR count). The van der Waals surface area contributed by atoms with Gasteiger partial charge in [-0.15, -0.1) is 0 Å². The third kappa shape index (κ3) is 8.26. The topological polar surface area (TPSA) is 66.5 Å². The number of aryl methyl sites for hydroxylation is 2. The monoisotopic (exact) mass is 642 g/mol. The van der Waals surface area contributed by atoms with E-state index < -0.39 is 16.1 Å². The fourth-order valence-corrected chi connectivity index (χ4v) is 8.11. The summed E-state index contributed by atoms with van der Waals surface area (Å²) in [5, 5.41) is 3.33. The van der Waals surface area contributed by atoms with Crippen molar-refractivity contribution in [3.8, 4) is 11.1 Å². The first kappa shape index (κ1) is 32.4. The first-order valence-electron chi connectivity index (χ1n) is 16.6. The fourth-order valence-electron chi connectivity index (χ4n) is 6.54. The standard InChI is InChI=1S/C41H42N2O3S/c44-41(42-38(24-12-18-32-14-4-1-5-15-32)25-13-19-33-16-6-2-7-17-33)40-30-36-22-10-11-23-37(36)31-43(40)47(45,46)39-28-26-35(27-29-39)34-20-8-3-9-21-34/h1-11,14-17,20-23,26-29,38,40H,12-13,18-19,24-25,30-31H2,(H,42,44). The summed E-state index contributed by atoms with van der Waals surface area (Å²) in [4.78, 5) is 14.4. The number of benzene rings is 5. The molecule has 5 aromatic carbocycles. The predicted molar refractivity (Wildman–Crippen MR) is 189 cm³/mol. The number of hydrogen-bond donors (Lipinski definition) is 1. The highest BCUT2D eigenvalue weighted by Gasteiger charge is 2.40. The van der Waals surface area contributed by atoms with Gasteiger partial charge in [0.25, 0.3) is 0 Å². The Labute approximate surface area is 279 Å². The molecule has 0 fully saturated rings. The molecule has 0 aromatic heterocycles. The third-order valence-corrected chi connectivity index (χ3v) is 11.0. The number of nitrogens with one attached hydrogen (secondary N) is 1. The van der Waals surface area contributed by atoms with Crippen LogP contribution in [0.4, 0.5) is 0 Å². The Balaban J connectivity index is 1.21.